The molecule has 0 amide bonds. The van der Waals surface area contributed by atoms with Gasteiger partial charge < -0.3 is 10.6 Å². The van der Waals surface area contributed by atoms with Crippen molar-refractivity contribution in [3.63, 3.8) is 0 Å². The van der Waals surface area contributed by atoms with Crippen molar-refractivity contribution >= 4 is 22.3 Å². The molecule has 2 heterocycles. The Labute approximate surface area is 117 Å². The summed E-state index contributed by atoms with van der Waals surface area (Å²) in [4.78, 5) is 6.90. The number of rotatable bonds is 1. The minimum absolute atomic E-state index is 0.835. The van der Waals surface area contributed by atoms with Crippen molar-refractivity contribution in [3.05, 3.63) is 65.9 Å². The van der Waals surface area contributed by atoms with Crippen molar-refractivity contribution in [1.82, 2.24) is 4.98 Å². The normalized spacial score (nSPS) is 13.7. The SMILES string of the molecule is Nc1ccc2c(c1)CN(c1cccc3cccnc13)C2. The number of nitrogen functional groups attached to an aromatic ring is 1. The van der Waals surface area contributed by atoms with E-state index in [1.165, 1.54) is 22.2 Å². The Balaban J connectivity index is 1.79. The largest absolute Gasteiger partial charge is 0.399 e. The third kappa shape index (κ3) is 1.71. The second-order valence-corrected chi connectivity index (χ2v) is 5.24. The molecule has 2 aromatic carbocycles. The number of anilines is 2. The van der Waals surface area contributed by atoms with E-state index in [-0.39, 0.29) is 0 Å². The zero-order chi connectivity index (χ0) is 13.5. The highest BCUT2D eigenvalue weighted by atomic mass is 15.2. The topological polar surface area (TPSA) is 42.1 Å². The average molecular weight is 261 g/mol. The Morgan fingerprint density at radius 3 is 2.75 bits per heavy atom. The van der Waals surface area contributed by atoms with Gasteiger partial charge in [-0.25, -0.2) is 0 Å². The lowest BCUT2D eigenvalue weighted by Crippen LogP contribution is -2.15. The molecule has 0 spiro atoms. The lowest BCUT2D eigenvalue weighted by Gasteiger charge is -2.19. The summed E-state index contributed by atoms with van der Waals surface area (Å²) < 4.78 is 0. The summed E-state index contributed by atoms with van der Waals surface area (Å²) in [5.41, 5.74) is 11.6. The fourth-order valence-electron chi connectivity index (χ4n) is 2.93. The van der Waals surface area contributed by atoms with Gasteiger partial charge in [-0.2, -0.15) is 0 Å². The summed E-state index contributed by atoms with van der Waals surface area (Å²) in [5.74, 6) is 0. The number of benzene rings is 2. The number of hydrogen-bond acceptors (Lipinski definition) is 3. The van der Waals surface area contributed by atoms with E-state index in [1.807, 2.05) is 18.3 Å². The molecule has 0 radical (unpaired) electrons. The molecule has 98 valence electrons. The standard InChI is InChI=1S/C17H15N3/c18-15-7-6-13-10-20(11-14(13)9-15)16-5-1-3-12-4-2-8-19-17(12)16/h1-9H,10-11,18H2. The van der Waals surface area contributed by atoms with Crippen LogP contribution in [0.25, 0.3) is 10.9 Å². The van der Waals surface area contributed by atoms with Crippen LogP contribution in [-0.2, 0) is 13.1 Å². The molecule has 4 rings (SSSR count). The van der Waals surface area contributed by atoms with Crippen LogP contribution in [0.2, 0.25) is 0 Å². The van der Waals surface area contributed by atoms with Gasteiger partial charge in [0.15, 0.2) is 0 Å². The van der Waals surface area contributed by atoms with Gasteiger partial charge in [0.05, 0.1) is 11.2 Å². The predicted molar refractivity (Wildman–Crippen MR) is 82.5 cm³/mol. The Morgan fingerprint density at radius 2 is 1.80 bits per heavy atom. The quantitative estimate of drug-likeness (QED) is 0.683. The summed E-state index contributed by atoms with van der Waals surface area (Å²) >= 11 is 0. The van der Waals surface area contributed by atoms with Crippen molar-refractivity contribution in [3.8, 4) is 0 Å². The van der Waals surface area contributed by atoms with E-state index >= 15 is 0 Å². The number of fused-ring (bicyclic) bond motifs is 2. The Morgan fingerprint density at radius 1 is 0.950 bits per heavy atom. The zero-order valence-electron chi connectivity index (χ0n) is 11.1. The molecular formula is C17H15N3. The van der Waals surface area contributed by atoms with Crippen LogP contribution in [0.4, 0.5) is 11.4 Å². The van der Waals surface area contributed by atoms with Crippen molar-refractivity contribution in [2.24, 2.45) is 0 Å². The van der Waals surface area contributed by atoms with Crippen LogP contribution in [0.1, 0.15) is 11.1 Å². The van der Waals surface area contributed by atoms with Gasteiger partial charge in [-0.05, 0) is 35.4 Å². The molecule has 1 aliphatic rings. The van der Waals surface area contributed by atoms with Crippen molar-refractivity contribution in [2.45, 2.75) is 13.1 Å². The minimum Gasteiger partial charge on any atom is -0.399 e. The molecule has 2 N–H and O–H groups in total. The molecular weight excluding hydrogens is 246 g/mol. The second kappa shape index (κ2) is 4.23. The van der Waals surface area contributed by atoms with Crippen LogP contribution in [0.5, 0.6) is 0 Å². The lowest BCUT2D eigenvalue weighted by molar-refractivity contribution is 0.884. The third-order valence-electron chi connectivity index (χ3n) is 3.90. The number of hydrogen-bond donors (Lipinski definition) is 1. The van der Waals surface area contributed by atoms with Crippen molar-refractivity contribution < 1.29 is 0 Å². The maximum Gasteiger partial charge on any atom is 0.0935 e. The molecule has 0 unspecified atom stereocenters. The van der Waals surface area contributed by atoms with E-state index in [2.05, 4.69) is 46.3 Å². The molecule has 0 bridgehead atoms. The van der Waals surface area contributed by atoms with Gasteiger partial charge in [-0.1, -0.05) is 24.3 Å². The van der Waals surface area contributed by atoms with Crippen LogP contribution in [0, 0.1) is 0 Å². The van der Waals surface area contributed by atoms with E-state index in [9.17, 15) is 0 Å². The van der Waals surface area contributed by atoms with E-state index in [0.29, 0.717) is 0 Å². The number of aromatic nitrogens is 1. The maximum atomic E-state index is 5.87. The monoisotopic (exact) mass is 261 g/mol. The fraction of sp³-hybridized carbons (Fsp3) is 0.118. The smallest absolute Gasteiger partial charge is 0.0935 e. The third-order valence-corrected chi connectivity index (χ3v) is 3.90. The van der Waals surface area contributed by atoms with E-state index < -0.39 is 0 Å². The van der Waals surface area contributed by atoms with Gasteiger partial charge in [0, 0.05) is 30.4 Å². The summed E-state index contributed by atoms with van der Waals surface area (Å²) in [6.45, 7) is 1.82. The fourth-order valence-corrected chi connectivity index (χ4v) is 2.93. The molecule has 20 heavy (non-hydrogen) atoms. The highest BCUT2D eigenvalue weighted by molar-refractivity contribution is 5.90. The number of nitrogens with zero attached hydrogens (tertiary/aromatic N) is 2. The molecule has 0 fully saturated rings. The molecule has 0 saturated carbocycles. The number of pyridine rings is 1. The summed E-state index contributed by atoms with van der Waals surface area (Å²) in [5, 5.41) is 1.18. The molecule has 3 heteroatoms. The van der Waals surface area contributed by atoms with Crippen LogP contribution in [0.15, 0.2) is 54.7 Å². The predicted octanol–water partition coefficient (Wildman–Crippen LogP) is 3.34. The maximum absolute atomic E-state index is 5.87. The molecule has 0 saturated heterocycles. The number of nitrogens with two attached hydrogens (primary N) is 1. The van der Waals surface area contributed by atoms with Crippen LogP contribution in [0.3, 0.4) is 0 Å². The zero-order valence-corrected chi connectivity index (χ0v) is 11.1. The van der Waals surface area contributed by atoms with Gasteiger partial charge in [0.1, 0.15) is 0 Å². The highest BCUT2D eigenvalue weighted by Gasteiger charge is 2.20. The second-order valence-electron chi connectivity index (χ2n) is 5.24. The lowest BCUT2D eigenvalue weighted by atomic mass is 10.1. The van der Waals surface area contributed by atoms with E-state index in [4.69, 9.17) is 5.73 Å². The number of para-hydroxylation sites is 1. The first kappa shape index (κ1) is 11.3. The van der Waals surface area contributed by atoms with Gasteiger partial charge in [-0.15, -0.1) is 0 Å². The van der Waals surface area contributed by atoms with Gasteiger partial charge in [0.25, 0.3) is 0 Å². The molecule has 3 nitrogen and oxygen atoms in total. The first-order chi connectivity index (χ1) is 9.81. The summed E-state index contributed by atoms with van der Waals surface area (Å²) in [7, 11) is 0. The Kier molecular flexibility index (Phi) is 2.39. The van der Waals surface area contributed by atoms with Gasteiger partial charge in [0.2, 0.25) is 0 Å². The van der Waals surface area contributed by atoms with Crippen LogP contribution < -0.4 is 10.6 Å². The Bertz CT molecular complexity index is 790. The first-order valence-electron chi connectivity index (χ1n) is 6.77. The molecule has 0 aliphatic carbocycles. The van der Waals surface area contributed by atoms with Gasteiger partial charge in [-0.3, -0.25) is 4.98 Å². The summed E-state index contributed by atoms with van der Waals surface area (Å²) in [6.07, 6.45) is 1.85. The van der Waals surface area contributed by atoms with E-state index in [1.54, 1.807) is 0 Å². The van der Waals surface area contributed by atoms with Crippen LogP contribution in [-0.4, -0.2) is 4.98 Å². The molecule has 1 aromatic heterocycles. The van der Waals surface area contributed by atoms with Crippen molar-refractivity contribution in [1.29, 1.82) is 0 Å². The molecule has 3 aromatic rings. The van der Waals surface area contributed by atoms with Crippen molar-refractivity contribution in [2.75, 3.05) is 10.6 Å². The minimum atomic E-state index is 0.835. The average Bonchev–Trinajstić information content (AvgIpc) is 2.89. The van der Waals surface area contributed by atoms with Crippen LogP contribution >= 0.6 is 0 Å². The van der Waals surface area contributed by atoms with E-state index in [0.717, 1.165) is 24.3 Å². The first-order valence-corrected chi connectivity index (χ1v) is 6.77. The molecule has 1 aliphatic heterocycles. The highest BCUT2D eigenvalue weighted by Crippen LogP contribution is 2.33. The van der Waals surface area contributed by atoms with Gasteiger partial charge >= 0.3 is 0 Å². The molecule has 0 atom stereocenters. The Hall–Kier alpha value is -2.55. The summed E-state index contributed by atoms with van der Waals surface area (Å²) in [6, 6.07) is 16.6.